The summed E-state index contributed by atoms with van der Waals surface area (Å²) in [6.07, 6.45) is 7.29. The third-order valence-electron chi connectivity index (χ3n) is 8.51. The minimum atomic E-state index is -0.0655. The molecular weight excluding hydrogens is 574 g/mol. The van der Waals surface area contributed by atoms with Crippen molar-refractivity contribution in [2.75, 3.05) is 9.80 Å². The SMILES string of the molecule is C1=C(N(c2ccccc2)c2ccccc2)C=C(N(c2ccccc2)c2ccccc2)CC1c1nc2cccnc2n1-c1ccccc1. The molecule has 1 unspecified atom stereocenters. The number of hydrogen-bond donors (Lipinski definition) is 0. The van der Waals surface area contributed by atoms with Crippen molar-refractivity contribution < 1.29 is 0 Å². The quantitative estimate of drug-likeness (QED) is 0.172. The van der Waals surface area contributed by atoms with Crippen LogP contribution in [0.5, 0.6) is 0 Å². The van der Waals surface area contributed by atoms with Gasteiger partial charge in [0.1, 0.15) is 11.3 Å². The number of fused-ring (bicyclic) bond motifs is 1. The Hall–Kier alpha value is -6.20. The average Bonchev–Trinajstić information content (AvgIpc) is 3.54. The van der Waals surface area contributed by atoms with Crippen molar-refractivity contribution in [3.05, 3.63) is 199 Å². The van der Waals surface area contributed by atoms with E-state index in [1.807, 2.05) is 18.3 Å². The van der Waals surface area contributed by atoms with E-state index in [-0.39, 0.29) is 5.92 Å². The van der Waals surface area contributed by atoms with Gasteiger partial charge >= 0.3 is 0 Å². The molecule has 5 nitrogen and oxygen atoms in total. The Balaban J connectivity index is 1.37. The standard InChI is InChI=1S/C42H33N5/c1-6-17-33(18-7-1)45(34-19-8-2-9-20-34)38-29-32(41-44-40-27-16-28-43-42(40)47(41)37-25-14-5-15-26-37)30-39(31-38)46(35-21-10-3-11-22-35)36-23-12-4-13-24-36/h1-29,31-32H,30H2. The Labute approximate surface area is 275 Å². The highest BCUT2D eigenvalue weighted by Gasteiger charge is 2.30. The van der Waals surface area contributed by atoms with Crippen molar-refractivity contribution in [1.29, 1.82) is 0 Å². The maximum Gasteiger partial charge on any atom is 0.164 e. The zero-order chi connectivity index (χ0) is 31.4. The second kappa shape index (κ2) is 12.7. The van der Waals surface area contributed by atoms with Crippen LogP contribution in [0.4, 0.5) is 22.7 Å². The highest BCUT2D eigenvalue weighted by molar-refractivity contribution is 5.76. The largest absolute Gasteiger partial charge is 0.314 e. The lowest BCUT2D eigenvalue weighted by Gasteiger charge is -2.35. The molecule has 7 aromatic rings. The van der Waals surface area contributed by atoms with Crippen molar-refractivity contribution in [1.82, 2.24) is 14.5 Å². The third-order valence-corrected chi connectivity index (χ3v) is 8.51. The molecular formula is C42H33N5. The van der Waals surface area contributed by atoms with Gasteiger partial charge < -0.3 is 9.80 Å². The van der Waals surface area contributed by atoms with Gasteiger partial charge in [-0.1, -0.05) is 91.0 Å². The summed E-state index contributed by atoms with van der Waals surface area (Å²) in [7, 11) is 0. The number of benzene rings is 5. The summed E-state index contributed by atoms with van der Waals surface area (Å²) < 4.78 is 2.22. The van der Waals surface area contributed by atoms with E-state index in [1.54, 1.807) is 0 Å². The normalized spacial score (nSPS) is 14.3. The van der Waals surface area contributed by atoms with E-state index < -0.39 is 0 Å². The molecule has 0 fully saturated rings. The molecule has 0 spiro atoms. The number of para-hydroxylation sites is 5. The van der Waals surface area contributed by atoms with Crippen molar-refractivity contribution >= 4 is 33.9 Å². The molecule has 1 aliphatic carbocycles. The van der Waals surface area contributed by atoms with Gasteiger partial charge in [0, 0.05) is 58.4 Å². The first kappa shape index (κ1) is 28.3. The molecule has 5 heteroatoms. The van der Waals surface area contributed by atoms with Crippen LogP contribution in [-0.2, 0) is 0 Å². The summed E-state index contributed by atoms with van der Waals surface area (Å²) >= 11 is 0. The number of imidazole rings is 1. The molecule has 0 N–H and O–H groups in total. The zero-order valence-corrected chi connectivity index (χ0v) is 25.8. The third kappa shape index (κ3) is 5.60. The number of aromatic nitrogens is 3. The van der Waals surface area contributed by atoms with Crippen molar-refractivity contribution in [2.24, 2.45) is 0 Å². The molecule has 1 atom stereocenters. The lowest BCUT2D eigenvalue weighted by atomic mass is 9.93. The summed E-state index contributed by atoms with van der Waals surface area (Å²) in [6.45, 7) is 0. The maximum absolute atomic E-state index is 5.28. The van der Waals surface area contributed by atoms with Crippen LogP contribution in [0, 0.1) is 0 Å². The molecule has 0 bridgehead atoms. The van der Waals surface area contributed by atoms with E-state index in [1.165, 1.54) is 5.70 Å². The molecule has 2 heterocycles. The lowest BCUT2D eigenvalue weighted by molar-refractivity contribution is 0.714. The first-order valence-corrected chi connectivity index (χ1v) is 16.0. The Bertz CT molecular complexity index is 2080. The number of nitrogens with zero attached hydrogens (tertiary/aromatic N) is 5. The van der Waals surface area contributed by atoms with Crippen molar-refractivity contribution in [2.45, 2.75) is 12.3 Å². The molecule has 8 rings (SSSR count). The minimum Gasteiger partial charge on any atom is -0.314 e. The van der Waals surface area contributed by atoms with Crippen molar-refractivity contribution in [3.8, 4) is 5.69 Å². The van der Waals surface area contributed by atoms with Crippen LogP contribution >= 0.6 is 0 Å². The second-order valence-corrected chi connectivity index (χ2v) is 11.5. The van der Waals surface area contributed by atoms with E-state index in [2.05, 4.69) is 178 Å². The topological polar surface area (TPSA) is 37.2 Å². The highest BCUT2D eigenvalue weighted by Crippen LogP contribution is 2.42. The fraction of sp³-hybridized carbons (Fsp3) is 0.0476. The second-order valence-electron chi connectivity index (χ2n) is 11.5. The van der Waals surface area contributed by atoms with Crippen molar-refractivity contribution in [3.63, 3.8) is 0 Å². The molecule has 47 heavy (non-hydrogen) atoms. The van der Waals surface area contributed by atoms with Crippen LogP contribution in [0.2, 0.25) is 0 Å². The maximum atomic E-state index is 5.28. The van der Waals surface area contributed by atoms with Gasteiger partial charge in [0.25, 0.3) is 0 Å². The molecule has 5 aromatic carbocycles. The zero-order valence-electron chi connectivity index (χ0n) is 25.8. The number of pyridine rings is 1. The summed E-state index contributed by atoms with van der Waals surface area (Å²) in [6, 6.07) is 56.9. The number of rotatable bonds is 8. The van der Waals surface area contributed by atoms with Gasteiger partial charge in [-0.05, 0) is 84.9 Å². The van der Waals surface area contributed by atoms with Gasteiger partial charge in [0.05, 0.1) is 0 Å². The summed E-state index contributed by atoms with van der Waals surface area (Å²) in [5.74, 6) is 0.888. The van der Waals surface area contributed by atoms with Gasteiger partial charge in [-0.15, -0.1) is 0 Å². The molecule has 0 saturated heterocycles. The summed E-state index contributed by atoms with van der Waals surface area (Å²) in [4.78, 5) is 14.8. The highest BCUT2D eigenvalue weighted by atomic mass is 15.2. The smallest absolute Gasteiger partial charge is 0.164 e. The predicted octanol–water partition coefficient (Wildman–Crippen LogP) is 10.4. The van der Waals surface area contributed by atoms with Gasteiger partial charge in [-0.3, -0.25) is 4.57 Å². The number of allylic oxidation sites excluding steroid dienone is 3. The fourth-order valence-corrected chi connectivity index (χ4v) is 6.48. The average molecular weight is 608 g/mol. The van der Waals surface area contributed by atoms with Gasteiger partial charge in [0.15, 0.2) is 5.65 Å². The van der Waals surface area contributed by atoms with E-state index in [0.29, 0.717) is 0 Å². The van der Waals surface area contributed by atoms with Crippen LogP contribution < -0.4 is 9.80 Å². The molecule has 2 aromatic heterocycles. The Morgan fingerprint density at radius 3 is 1.55 bits per heavy atom. The first-order valence-electron chi connectivity index (χ1n) is 16.0. The van der Waals surface area contributed by atoms with Gasteiger partial charge in [-0.2, -0.15) is 0 Å². The summed E-state index contributed by atoms with van der Waals surface area (Å²) in [5, 5.41) is 0. The van der Waals surface area contributed by atoms with Gasteiger partial charge in [0.2, 0.25) is 0 Å². The van der Waals surface area contributed by atoms with Crippen LogP contribution in [0.15, 0.2) is 194 Å². The minimum absolute atomic E-state index is 0.0655. The van der Waals surface area contributed by atoms with Crippen LogP contribution in [0.1, 0.15) is 18.2 Å². The number of hydrogen-bond acceptors (Lipinski definition) is 4. The number of anilines is 4. The lowest BCUT2D eigenvalue weighted by Crippen LogP contribution is -2.25. The molecule has 0 radical (unpaired) electrons. The monoisotopic (exact) mass is 607 g/mol. The van der Waals surface area contributed by atoms with E-state index in [4.69, 9.17) is 9.97 Å². The van der Waals surface area contributed by atoms with E-state index in [9.17, 15) is 0 Å². The molecule has 226 valence electrons. The van der Waals surface area contributed by atoms with Crippen LogP contribution in [0.25, 0.3) is 16.9 Å². The molecule has 1 aliphatic rings. The first-order chi connectivity index (χ1) is 23.3. The predicted molar refractivity (Wildman–Crippen MR) is 192 cm³/mol. The Morgan fingerprint density at radius 2 is 1.02 bits per heavy atom. The van der Waals surface area contributed by atoms with E-state index >= 15 is 0 Å². The van der Waals surface area contributed by atoms with Gasteiger partial charge in [-0.25, -0.2) is 9.97 Å². The molecule has 0 amide bonds. The molecule has 0 saturated carbocycles. The summed E-state index contributed by atoms with van der Waals surface area (Å²) in [5.41, 5.74) is 9.40. The fourth-order valence-electron chi connectivity index (χ4n) is 6.48. The van der Waals surface area contributed by atoms with Crippen LogP contribution in [0.3, 0.4) is 0 Å². The Morgan fingerprint density at radius 1 is 0.532 bits per heavy atom. The van der Waals surface area contributed by atoms with Crippen LogP contribution in [-0.4, -0.2) is 14.5 Å². The Kier molecular flexibility index (Phi) is 7.62. The molecule has 0 aliphatic heterocycles. The van der Waals surface area contributed by atoms with E-state index in [0.717, 1.165) is 57.5 Å².